The van der Waals surface area contributed by atoms with Gasteiger partial charge in [-0.3, -0.25) is 0 Å². The van der Waals surface area contributed by atoms with Gasteiger partial charge in [0.05, 0.1) is 24.4 Å². The van der Waals surface area contributed by atoms with Gasteiger partial charge in [0.1, 0.15) is 0 Å². The molecule has 2 nitrogen and oxygen atoms in total. The number of fused-ring (bicyclic) bond motifs is 2. The fourth-order valence-electron chi connectivity index (χ4n) is 2.83. The molecule has 2 heterocycles. The van der Waals surface area contributed by atoms with Crippen LogP contribution in [0.25, 0.3) is 0 Å². The first-order valence-electron chi connectivity index (χ1n) is 7.32. The van der Waals surface area contributed by atoms with Crippen LogP contribution in [0.2, 0.25) is 0 Å². The molecular formula is C16H22Br2O2. The molecule has 0 radical (unpaired) electrons. The third kappa shape index (κ3) is 4.10. The number of alkyl halides is 2. The fraction of sp³-hybridized carbons (Fsp3) is 0.750. The molecule has 2 aliphatic rings. The number of rotatable bonds is 6. The quantitative estimate of drug-likeness (QED) is 0.486. The van der Waals surface area contributed by atoms with Crippen molar-refractivity contribution in [3.8, 4) is 11.8 Å². The zero-order valence-electron chi connectivity index (χ0n) is 12.0. The van der Waals surface area contributed by atoms with Crippen LogP contribution in [0, 0.1) is 11.8 Å². The van der Waals surface area contributed by atoms with Gasteiger partial charge in [0, 0.05) is 16.1 Å². The Morgan fingerprint density at radius 3 is 2.50 bits per heavy atom. The third-order valence-corrected chi connectivity index (χ3v) is 6.95. The second kappa shape index (κ2) is 7.98. The number of hydrogen-bond donors (Lipinski definition) is 0. The second-order valence-corrected chi connectivity index (χ2v) is 7.72. The van der Waals surface area contributed by atoms with E-state index in [-0.39, 0.29) is 24.4 Å². The summed E-state index contributed by atoms with van der Waals surface area (Å²) in [6.07, 6.45) is 9.04. The Bertz CT molecular complexity index is 399. The molecule has 0 unspecified atom stereocenters. The zero-order valence-corrected chi connectivity index (χ0v) is 15.2. The van der Waals surface area contributed by atoms with Gasteiger partial charge in [-0.15, -0.1) is 5.92 Å². The van der Waals surface area contributed by atoms with Crippen molar-refractivity contribution in [1.29, 1.82) is 0 Å². The van der Waals surface area contributed by atoms with Gasteiger partial charge in [0.15, 0.2) is 0 Å². The summed E-state index contributed by atoms with van der Waals surface area (Å²) in [4.78, 5) is 0.940. The first kappa shape index (κ1) is 16.5. The van der Waals surface area contributed by atoms with Gasteiger partial charge >= 0.3 is 0 Å². The lowest BCUT2D eigenvalue weighted by Gasteiger charge is -2.30. The van der Waals surface area contributed by atoms with E-state index < -0.39 is 0 Å². The second-order valence-electron chi connectivity index (χ2n) is 5.37. The van der Waals surface area contributed by atoms with Gasteiger partial charge in [-0.25, -0.2) is 0 Å². The van der Waals surface area contributed by atoms with Crippen LogP contribution in [0.15, 0.2) is 12.2 Å². The van der Waals surface area contributed by atoms with E-state index in [1.807, 2.05) is 13.0 Å². The van der Waals surface area contributed by atoms with Gasteiger partial charge in [0.2, 0.25) is 0 Å². The van der Waals surface area contributed by atoms with E-state index in [4.69, 9.17) is 9.47 Å². The molecule has 20 heavy (non-hydrogen) atoms. The summed E-state index contributed by atoms with van der Waals surface area (Å²) in [6.45, 7) is 4.03. The lowest BCUT2D eigenvalue weighted by atomic mass is 10.1. The maximum atomic E-state index is 6.15. The first-order valence-corrected chi connectivity index (χ1v) is 9.15. The molecule has 0 aromatic rings. The third-order valence-electron chi connectivity index (χ3n) is 3.95. The van der Waals surface area contributed by atoms with E-state index >= 15 is 0 Å². The summed E-state index contributed by atoms with van der Waals surface area (Å²) in [5, 5.41) is 0. The van der Waals surface area contributed by atoms with E-state index in [9.17, 15) is 0 Å². The molecule has 0 saturated carbocycles. The predicted molar refractivity (Wildman–Crippen MR) is 89.5 cm³/mol. The normalized spacial score (nSPS) is 35.0. The van der Waals surface area contributed by atoms with E-state index in [0.29, 0.717) is 9.65 Å². The summed E-state index contributed by atoms with van der Waals surface area (Å²) in [5.74, 6) is 5.78. The molecule has 2 saturated heterocycles. The molecule has 2 bridgehead atoms. The van der Waals surface area contributed by atoms with Crippen LogP contribution in [0.3, 0.4) is 0 Å². The Hall–Kier alpha value is 0.180. The minimum atomic E-state index is 0.214. The molecule has 2 rings (SSSR count). The summed E-state index contributed by atoms with van der Waals surface area (Å²) in [7, 11) is 0. The van der Waals surface area contributed by atoms with Crippen LogP contribution >= 0.6 is 31.9 Å². The zero-order chi connectivity index (χ0) is 14.5. The minimum Gasteiger partial charge on any atom is -0.369 e. The molecule has 0 spiro atoms. The lowest BCUT2D eigenvalue weighted by molar-refractivity contribution is -0.137. The van der Waals surface area contributed by atoms with Crippen molar-refractivity contribution in [3.05, 3.63) is 12.2 Å². The molecule has 0 aliphatic carbocycles. The Balaban J connectivity index is 1.78. The lowest BCUT2D eigenvalue weighted by Crippen LogP contribution is -2.37. The SMILES string of the molecule is CC#C/C=C/C[C@@H]1O[C@@H]2C[C@H]1O[C@H]2C[C@@H](Br)[C@@H](Br)CC. The van der Waals surface area contributed by atoms with Crippen LogP contribution < -0.4 is 0 Å². The minimum absolute atomic E-state index is 0.214. The summed E-state index contributed by atoms with van der Waals surface area (Å²) in [5.41, 5.74) is 0. The monoisotopic (exact) mass is 404 g/mol. The van der Waals surface area contributed by atoms with Crippen molar-refractivity contribution >= 4 is 31.9 Å². The summed E-state index contributed by atoms with van der Waals surface area (Å²) < 4.78 is 12.3. The first-order chi connectivity index (χ1) is 9.65. The smallest absolute Gasteiger partial charge is 0.0877 e. The Kier molecular flexibility index (Phi) is 6.61. The van der Waals surface area contributed by atoms with E-state index in [0.717, 1.165) is 25.7 Å². The molecule has 0 N–H and O–H groups in total. The van der Waals surface area contributed by atoms with Crippen molar-refractivity contribution < 1.29 is 9.47 Å². The van der Waals surface area contributed by atoms with Gasteiger partial charge in [-0.05, 0) is 32.3 Å². The molecule has 4 heteroatoms. The van der Waals surface area contributed by atoms with Crippen LogP contribution in [-0.2, 0) is 9.47 Å². The van der Waals surface area contributed by atoms with Crippen molar-refractivity contribution in [1.82, 2.24) is 0 Å². The predicted octanol–water partition coefficient (Wildman–Crippen LogP) is 4.21. The maximum absolute atomic E-state index is 6.15. The number of ether oxygens (including phenoxy) is 2. The highest BCUT2D eigenvalue weighted by atomic mass is 79.9. The standard InChI is InChI=1S/C16H22Br2O2/c1-3-5-6-7-8-13-15-10-16(19-13)14(20-15)9-12(18)11(17)4-2/h6-7,11-16H,4,8-10H2,1-2H3/b7-6+/t11-,12+,13-,14-,15+,16+/m0/s1. The van der Waals surface area contributed by atoms with E-state index in [1.165, 1.54) is 0 Å². The fourth-order valence-corrected chi connectivity index (χ4v) is 3.79. The molecule has 2 fully saturated rings. The Morgan fingerprint density at radius 1 is 1.20 bits per heavy atom. The van der Waals surface area contributed by atoms with Gasteiger partial charge in [-0.1, -0.05) is 50.8 Å². The molecule has 0 amide bonds. The average Bonchev–Trinajstić information content (AvgIpc) is 3.02. The number of hydrogen-bond acceptors (Lipinski definition) is 2. The number of allylic oxidation sites excluding steroid dienone is 1. The molecule has 0 aromatic heterocycles. The van der Waals surface area contributed by atoms with Gasteiger partial charge < -0.3 is 9.47 Å². The Morgan fingerprint density at radius 2 is 1.90 bits per heavy atom. The van der Waals surface area contributed by atoms with Crippen molar-refractivity contribution in [2.75, 3.05) is 0 Å². The largest absolute Gasteiger partial charge is 0.369 e. The van der Waals surface area contributed by atoms with Gasteiger partial charge in [0.25, 0.3) is 0 Å². The summed E-state index contributed by atoms with van der Waals surface area (Å²) >= 11 is 7.45. The van der Waals surface area contributed by atoms with Crippen molar-refractivity contribution in [3.63, 3.8) is 0 Å². The maximum Gasteiger partial charge on any atom is 0.0877 e. The van der Waals surface area contributed by atoms with E-state index in [1.54, 1.807) is 0 Å². The average molecular weight is 406 g/mol. The molecule has 0 aromatic carbocycles. The van der Waals surface area contributed by atoms with Crippen LogP contribution in [0.1, 0.15) is 39.5 Å². The number of halogens is 2. The molecule has 112 valence electrons. The highest BCUT2D eigenvalue weighted by Gasteiger charge is 2.48. The van der Waals surface area contributed by atoms with Crippen molar-refractivity contribution in [2.45, 2.75) is 73.6 Å². The molecular weight excluding hydrogens is 384 g/mol. The van der Waals surface area contributed by atoms with Crippen molar-refractivity contribution in [2.24, 2.45) is 0 Å². The van der Waals surface area contributed by atoms with Gasteiger partial charge in [-0.2, -0.15) is 0 Å². The molecule has 2 aliphatic heterocycles. The highest BCUT2D eigenvalue weighted by Crippen LogP contribution is 2.39. The van der Waals surface area contributed by atoms with Crippen LogP contribution in [0.4, 0.5) is 0 Å². The van der Waals surface area contributed by atoms with Crippen LogP contribution in [-0.4, -0.2) is 34.1 Å². The molecule has 6 atom stereocenters. The van der Waals surface area contributed by atoms with E-state index in [2.05, 4.69) is 56.7 Å². The highest BCUT2D eigenvalue weighted by molar-refractivity contribution is 9.12. The Labute approximate surface area is 138 Å². The summed E-state index contributed by atoms with van der Waals surface area (Å²) in [6, 6.07) is 0. The topological polar surface area (TPSA) is 18.5 Å². The van der Waals surface area contributed by atoms with Crippen LogP contribution in [0.5, 0.6) is 0 Å².